The van der Waals surface area contributed by atoms with Crippen molar-refractivity contribution in [2.45, 2.75) is 78.3 Å². The molecule has 21 heavy (non-hydrogen) atoms. The van der Waals surface area contributed by atoms with Gasteiger partial charge in [-0.1, -0.05) is 33.6 Å². The lowest BCUT2D eigenvalue weighted by molar-refractivity contribution is 0.218. The normalized spacial score (nSPS) is 24.1. The van der Waals surface area contributed by atoms with Crippen LogP contribution in [0.1, 0.15) is 65.1 Å². The van der Waals surface area contributed by atoms with E-state index in [-0.39, 0.29) is 0 Å². The third-order valence-corrected chi connectivity index (χ3v) is 4.74. The number of nitrogens with zero attached hydrogens (tertiary/aromatic N) is 3. The molecule has 0 aliphatic heterocycles. The zero-order chi connectivity index (χ0) is 15.1. The van der Waals surface area contributed by atoms with E-state index in [1.54, 1.807) is 6.33 Å². The Morgan fingerprint density at radius 1 is 1.33 bits per heavy atom. The number of hydrogen-bond acceptors (Lipinski definition) is 3. The fourth-order valence-electron chi connectivity index (χ4n) is 3.62. The molecule has 3 atom stereocenters. The van der Waals surface area contributed by atoms with E-state index < -0.39 is 0 Å². The Morgan fingerprint density at radius 3 is 2.90 bits per heavy atom. The minimum Gasteiger partial charge on any atom is -0.313 e. The predicted molar refractivity (Wildman–Crippen MR) is 87.2 cm³/mol. The van der Waals surface area contributed by atoms with E-state index in [0.29, 0.717) is 6.04 Å². The minimum atomic E-state index is 0.563. The van der Waals surface area contributed by atoms with Gasteiger partial charge in [0.2, 0.25) is 0 Å². The standard InChI is InChI=1S/C17H32N4/c1-4-9-18-16(15-8-6-7-14(3)11-15)12-17-19-13-20-21(17)10-5-2/h13-16,18H,4-12H2,1-3H3. The maximum absolute atomic E-state index is 4.51. The van der Waals surface area contributed by atoms with Crippen LogP contribution in [0.25, 0.3) is 0 Å². The average molecular weight is 292 g/mol. The van der Waals surface area contributed by atoms with Gasteiger partial charge in [-0.15, -0.1) is 0 Å². The summed E-state index contributed by atoms with van der Waals surface area (Å²) in [6.07, 6.45) is 10.6. The number of hydrogen-bond donors (Lipinski definition) is 1. The smallest absolute Gasteiger partial charge is 0.138 e. The van der Waals surface area contributed by atoms with Crippen molar-refractivity contribution in [2.24, 2.45) is 11.8 Å². The van der Waals surface area contributed by atoms with Crippen molar-refractivity contribution in [1.29, 1.82) is 0 Å². The highest BCUT2D eigenvalue weighted by Gasteiger charge is 2.27. The zero-order valence-electron chi connectivity index (χ0n) is 14.0. The fourth-order valence-corrected chi connectivity index (χ4v) is 3.62. The molecule has 1 aliphatic carbocycles. The van der Waals surface area contributed by atoms with Gasteiger partial charge < -0.3 is 5.32 Å². The molecule has 1 heterocycles. The van der Waals surface area contributed by atoms with Crippen molar-refractivity contribution in [3.8, 4) is 0 Å². The highest BCUT2D eigenvalue weighted by Crippen LogP contribution is 2.31. The Hall–Kier alpha value is -0.900. The van der Waals surface area contributed by atoms with E-state index >= 15 is 0 Å². The summed E-state index contributed by atoms with van der Waals surface area (Å²) < 4.78 is 2.09. The zero-order valence-corrected chi connectivity index (χ0v) is 14.0. The molecule has 0 amide bonds. The van der Waals surface area contributed by atoms with Gasteiger partial charge in [-0.3, -0.25) is 4.68 Å². The fraction of sp³-hybridized carbons (Fsp3) is 0.882. The first kappa shape index (κ1) is 16.5. The van der Waals surface area contributed by atoms with E-state index in [4.69, 9.17) is 0 Å². The van der Waals surface area contributed by atoms with Crippen molar-refractivity contribution < 1.29 is 0 Å². The minimum absolute atomic E-state index is 0.563. The lowest BCUT2D eigenvalue weighted by Crippen LogP contribution is -2.41. The summed E-state index contributed by atoms with van der Waals surface area (Å²) in [5.74, 6) is 2.83. The summed E-state index contributed by atoms with van der Waals surface area (Å²) in [5.41, 5.74) is 0. The van der Waals surface area contributed by atoms with Crippen LogP contribution < -0.4 is 5.32 Å². The van der Waals surface area contributed by atoms with Crippen LogP contribution in [-0.2, 0) is 13.0 Å². The maximum atomic E-state index is 4.51. The Kier molecular flexibility index (Phi) is 6.68. The van der Waals surface area contributed by atoms with Crippen molar-refractivity contribution in [3.63, 3.8) is 0 Å². The molecule has 1 saturated carbocycles. The van der Waals surface area contributed by atoms with E-state index in [9.17, 15) is 0 Å². The molecule has 0 spiro atoms. The van der Waals surface area contributed by atoms with Crippen LogP contribution >= 0.6 is 0 Å². The van der Waals surface area contributed by atoms with Gasteiger partial charge in [0.1, 0.15) is 12.2 Å². The van der Waals surface area contributed by atoms with Gasteiger partial charge >= 0.3 is 0 Å². The van der Waals surface area contributed by atoms with Crippen LogP contribution in [0, 0.1) is 11.8 Å². The number of aromatic nitrogens is 3. The molecule has 0 aromatic carbocycles. The van der Waals surface area contributed by atoms with Crippen LogP contribution in [0.5, 0.6) is 0 Å². The van der Waals surface area contributed by atoms with E-state index in [1.807, 2.05) is 0 Å². The average Bonchev–Trinajstić information content (AvgIpc) is 2.91. The second kappa shape index (κ2) is 8.52. The summed E-state index contributed by atoms with van der Waals surface area (Å²) in [7, 11) is 0. The lowest BCUT2D eigenvalue weighted by Gasteiger charge is -2.34. The molecule has 4 heteroatoms. The molecule has 120 valence electrons. The largest absolute Gasteiger partial charge is 0.313 e. The van der Waals surface area contributed by atoms with Crippen LogP contribution in [0.15, 0.2) is 6.33 Å². The first-order valence-corrected chi connectivity index (χ1v) is 8.84. The van der Waals surface area contributed by atoms with Crippen molar-refractivity contribution >= 4 is 0 Å². The molecule has 1 aromatic rings. The SMILES string of the molecule is CCCNC(Cc1ncnn1CCC)C1CCCC(C)C1. The molecule has 1 aromatic heterocycles. The molecular weight excluding hydrogens is 260 g/mol. The monoisotopic (exact) mass is 292 g/mol. The van der Waals surface area contributed by atoms with Gasteiger partial charge in [0, 0.05) is 19.0 Å². The van der Waals surface area contributed by atoms with Gasteiger partial charge in [-0.05, 0) is 44.1 Å². The van der Waals surface area contributed by atoms with Crippen molar-refractivity contribution in [3.05, 3.63) is 12.2 Å². The highest BCUT2D eigenvalue weighted by atomic mass is 15.3. The molecule has 1 fully saturated rings. The predicted octanol–water partition coefficient (Wildman–Crippen LogP) is 3.43. The van der Waals surface area contributed by atoms with E-state index in [0.717, 1.165) is 43.6 Å². The van der Waals surface area contributed by atoms with Gasteiger partial charge in [0.15, 0.2) is 0 Å². The third-order valence-electron chi connectivity index (χ3n) is 4.74. The molecule has 3 unspecified atom stereocenters. The van der Waals surface area contributed by atoms with E-state index in [1.165, 1.54) is 32.1 Å². The summed E-state index contributed by atoms with van der Waals surface area (Å²) in [6.45, 7) is 8.94. The lowest BCUT2D eigenvalue weighted by atomic mass is 9.77. The highest BCUT2D eigenvalue weighted by molar-refractivity contribution is 4.93. The van der Waals surface area contributed by atoms with Crippen LogP contribution in [0.4, 0.5) is 0 Å². The Balaban J connectivity index is 2.02. The molecular formula is C17H32N4. The van der Waals surface area contributed by atoms with Gasteiger partial charge in [0.05, 0.1) is 0 Å². The van der Waals surface area contributed by atoms with Gasteiger partial charge in [-0.2, -0.15) is 5.10 Å². The molecule has 4 nitrogen and oxygen atoms in total. The summed E-state index contributed by atoms with van der Waals surface area (Å²) in [6, 6.07) is 0.563. The maximum Gasteiger partial charge on any atom is 0.138 e. The van der Waals surface area contributed by atoms with E-state index in [2.05, 4.69) is 40.9 Å². The second-order valence-corrected chi connectivity index (χ2v) is 6.70. The first-order valence-electron chi connectivity index (χ1n) is 8.84. The van der Waals surface area contributed by atoms with Crippen LogP contribution in [0.2, 0.25) is 0 Å². The molecule has 1 N–H and O–H groups in total. The van der Waals surface area contributed by atoms with Crippen LogP contribution in [-0.4, -0.2) is 27.4 Å². The van der Waals surface area contributed by atoms with Crippen molar-refractivity contribution in [2.75, 3.05) is 6.54 Å². The third kappa shape index (κ3) is 4.80. The molecule has 0 radical (unpaired) electrons. The van der Waals surface area contributed by atoms with Crippen molar-refractivity contribution in [1.82, 2.24) is 20.1 Å². The quantitative estimate of drug-likeness (QED) is 0.798. The Bertz CT molecular complexity index is 401. The molecule has 2 rings (SSSR count). The summed E-state index contributed by atoms with van der Waals surface area (Å²) in [4.78, 5) is 4.51. The second-order valence-electron chi connectivity index (χ2n) is 6.70. The summed E-state index contributed by atoms with van der Waals surface area (Å²) in [5, 5.41) is 8.16. The molecule has 0 bridgehead atoms. The van der Waals surface area contributed by atoms with Gasteiger partial charge in [0.25, 0.3) is 0 Å². The molecule has 0 saturated heterocycles. The number of aryl methyl sites for hydroxylation is 1. The number of nitrogens with one attached hydrogen (secondary N) is 1. The number of rotatable bonds is 8. The Labute approximate surface area is 129 Å². The van der Waals surface area contributed by atoms with Crippen LogP contribution in [0.3, 0.4) is 0 Å². The summed E-state index contributed by atoms with van der Waals surface area (Å²) >= 11 is 0. The molecule has 1 aliphatic rings. The van der Waals surface area contributed by atoms with Gasteiger partial charge in [-0.25, -0.2) is 4.98 Å². The Morgan fingerprint density at radius 2 is 2.19 bits per heavy atom. The first-order chi connectivity index (χ1) is 10.2. The topological polar surface area (TPSA) is 42.7 Å².